The molecule has 0 bridgehead atoms. The first-order valence-electron chi connectivity index (χ1n) is 9.64. The summed E-state index contributed by atoms with van der Waals surface area (Å²) in [5.41, 5.74) is 0.0292. The number of ether oxygens (including phenoxy) is 1. The van der Waals surface area contributed by atoms with Gasteiger partial charge in [-0.05, 0) is 29.8 Å². The molecule has 4 rings (SSSR count). The SMILES string of the molecule is Cn1c(Cc2c(Cl)ccc(C(=O)N3CCOCC3)c2Cl)nc2c(C(F)(F)F)cc(Br)cc21. The first kappa shape index (κ1) is 23.4. The van der Waals surface area contributed by atoms with E-state index in [9.17, 15) is 18.0 Å². The van der Waals surface area contributed by atoms with Crippen molar-refractivity contribution in [1.29, 1.82) is 0 Å². The zero-order valence-electron chi connectivity index (χ0n) is 16.8. The predicted octanol–water partition coefficient (Wildman–Crippen LogP) is 5.72. The van der Waals surface area contributed by atoms with Crippen LogP contribution in [0.5, 0.6) is 0 Å². The number of morpholine rings is 1. The summed E-state index contributed by atoms with van der Waals surface area (Å²) in [7, 11) is 1.63. The van der Waals surface area contributed by atoms with Gasteiger partial charge in [0, 0.05) is 36.1 Å². The third-order valence-electron chi connectivity index (χ3n) is 5.40. The van der Waals surface area contributed by atoms with Crippen molar-refractivity contribution in [2.75, 3.05) is 26.3 Å². The fraction of sp³-hybridized carbons (Fsp3) is 0.333. The van der Waals surface area contributed by atoms with Gasteiger partial charge in [0.25, 0.3) is 5.91 Å². The zero-order valence-corrected chi connectivity index (χ0v) is 19.9. The maximum absolute atomic E-state index is 13.5. The molecular weight excluding hydrogens is 534 g/mol. The Kier molecular flexibility index (Phi) is 6.46. The van der Waals surface area contributed by atoms with Crippen molar-refractivity contribution in [3.63, 3.8) is 0 Å². The van der Waals surface area contributed by atoms with Gasteiger partial charge in [0.1, 0.15) is 11.3 Å². The van der Waals surface area contributed by atoms with Gasteiger partial charge in [-0.15, -0.1) is 0 Å². The van der Waals surface area contributed by atoms with Crippen LogP contribution in [0.15, 0.2) is 28.7 Å². The monoisotopic (exact) mass is 549 g/mol. The molecule has 0 N–H and O–H groups in total. The van der Waals surface area contributed by atoms with E-state index in [0.29, 0.717) is 52.7 Å². The lowest BCUT2D eigenvalue weighted by molar-refractivity contribution is -0.136. The van der Waals surface area contributed by atoms with E-state index in [1.807, 2.05) is 0 Å². The smallest absolute Gasteiger partial charge is 0.378 e. The standard InChI is InChI=1S/C21H17BrCl2F3N3O2/c1-29-16-9-11(22)8-14(21(25,26)27)19(16)28-17(29)10-13-15(23)3-2-12(18(13)24)20(31)30-4-6-32-7-5-30/h2-3,8-9H,4-7,10H2,1H3. The lowest BCUT2D eigenvalue weighted by atomic mass is 10.1. The Morgan fingerprint density at radius 3 is 2.56 bits per heavy atom. The quantitative estimate of drug-likeness (QED) is 0.419. The van der Waals surface area contributed by atoms with Gasteiger partial charge in [-0.1, -0.05) is 39.1 Å². The Bertz CT molecular complexity index is 1210. The van der Waals surface area contributed by atoms with E-state index in [1.54, 1.807) is 34.7 Å². The average Bonchev–Trinajstić information content (AvgIpc) is 3.05. The van der Waals surface area contributed by atoms with Gasteiger partial charge < -0.3 is 14.2 Å². The third kappa shape index (κ3) is 4.35. The molecule has 0 saturated carbocycles. The summed E-state index contributed by atoms with van der Waals surface area (Å²) in [4.78, 5) is 18.8. The molecule has 0 unspecified atom stereocenters. The van der Waals surface area contributed by atoms with Crippen molar-refractivity contribution in [1.82, 2.24) is 14.5 Å². The number of carbonyl (C=O) groups is 1. The van der Waals surface area contributed by atoms with Crippen LogP contribution in [0.3, 0.4) is 0 Å². The molecule has 2 aromatic carbocycles. The summed E-state index contributed by atoms with van der Waals surface area (Å²) >= 11 is 16.1. The van der Waals surface area contributed by atoms with Crippen LogP contribution < -0.4 is 0 Å². The number of alkyl halides is 3. The molecule has 170 valence electrons. The molecule has 2 heterocycles. The summed E-state index contributed by atoms with van der Waals surface area (Å²) in [6.45, 7) is 1.79. The minimum atomic E-state index is -4.56. The Morgan fingerprint density at radius 2 is 1.91 bits per heavy atom. The molecule has 5 nitrogen and oxygen atoms in total. The first-order chi connectivity index (χ1) is 15.1. The van der Waals surface area contributed by atoms with Crippen molar-refractivity contribution in [2.45, 2.75) is 12.6 Å². The van der Waals surface area contributed by atoms with Crippen LogP contribution in [0.2, 0.25) is 10.0 Å². The summed E-state index contributed by atoms with van der Waals surface area (Å²) < 4.78 is 47.8. The van der Waals surface area contributed by atoms with Crippen LogP contribution in [0.4, 0.5) is 13.2 Å². The van der Waals surface area contributed by atoms with E-state index in [-0.39, 0.29) is 28.4 Å². The zero-order chi connectivity index (χ0) is 23.2. The van der Waals surface area contributed by atoms with Crippen LogP contribution in [0, 0.1) is 0 Å². The number of fused-ring (bicyclic) bond motifs is 1. The fourth-order valence-electron chi connectivity index (χ4n) is 3.70. The third-order valence-corrected chi connectivity index (χ3v) is 6.64. The highest BCUT2D eigenvalue weighted by atomic mass is 79.9. The van der Waals surface area contributed by atoms with Crippen molar-refractivity contribution in [3.05, 3.63) is 61.3 Å². The van der Waals surface area contributed by atoms with Gasteiger partial charge >= 0.3 is 6.18 Å². The minimum Gasteiger partial charge on any atom is -0.378 e. The highest BCUT2D eigenvalue weighted by Crippen LogP contribution is 2.38. The molecule has 3 aromatic rings. The maximum Gasteiger partial charge on any atom is 0.418 e. The number of hydrogen-bond donors (Lipinski definition) is 0. The molecule has 1 amide bonds. The highest BCUT2D eigenvalue weighted by molar-refractivity contribution is 9.10. The van der Waals surface area contributed by atoms with E-state index in [1.165, 1.54) is 0 Å². The second-order valence-electron chi connectivity index (χ2n) is 7.37. The second kappa shape index (κ2) is 8.85. The Balaban J connectivity index is 1.76. The van der Waals surface area contributed by atoms with Gasteiger partial charge in [-0.25, -0.2) is 4.98 Å². The van der Waals surface area contributed by atoms with Gasteiger partial charge in [0.15, 0.2) is 0 Å². The van der Waals surface area contributed by atoms with Crippen molar-refractivity contribution < 1.29 is 22.7 Å². The Morgan fingerprint density at radius 1 is 1.22 bits per heavy atom. The molecule has 1 aromatic heterocycles. The van der Waals surface area contributed by atoms with Gasteiger partial charge in [-0.2, -0.15) is 13.2 Å². The number of nitrogens with zero attached hydrogens (tertiary/aromatic N) is 3. The molecule has 11 heteroatoms. The van der Waals surface area contributed by atoms with Gasteiger partial charge in [-0.3, -0.25) is 4.79 Å². The van der Waals surface area contributed by atoms with Gasteiger partial charge in [0.05, 0.1) is 34.9 Å². The van der Waals surface area contributed by atoms with E-state index >= 15 is 0 Å². The summed E-state index contributed by atoms with van der Waals surface area (Å²) in [5.74, 6) is 0.0906. The number of aromatic nitrogens is 2. The number of amides is 1. The van der Waals surface area contributed by atoms with Crippen molar-refractivity contribution >= 4 is 56.1 Å². The normalized spacial score (nSPS) is 14.9. The summed E-state index contributed by atoms with van der Waals surface area (Å²) in [5, 5.41) is 0.469. The van der Waals surface area contributed by atoms with E-state index in [2.05, 4.69) is 20.9 Å². The summed E-state index contributed by atoms with van der Waals surface area (Å²) in [6.07, 6.45) is -4.50. The molecule has 1 aliphatic rings. The predicted molar refractivity (Wildman–Crippen MR) is 119 cm³/mol. The number of hydrogen-bond acceptors (Lipinski definition) is 3. The lowest BCUT2D eigenvalue weighted by Crippen LogP contribution is -2.40. The number of imidazole rings is 1. The molecular formula is C21H17BrCl2F3N3O2. The van der Waals surface area contributed by atoms with Crippen molar-refractivity contribution in [2.24, 2.45) is 7.05 Å². The van der Waals surface area contributed by atoms with Crippen molar-refractivity contribution in [3.8, 4) is 0 Å². The topological polar surface area (TPSA) is 47.4 Å². The van der Waals surface area contributed by atoms with Crippen LogP contribution >= 0.6 is 39.1 Å². The lowest BCUT2D eigenvalue weighted by Gasteiger charge is -2.27. The highest BCUT2D eigenvalue weighted by Gasteiger charge is 2.35. The average molecular weight is 551 g/mol. The number of benzene rings is 2. The summed E-state index contributed by atoms with van der Waals surface area (Å²) in [6, 6.07) is 5.69. The van der Waals surface area contributed by atoms with E-state index < -0.39 is 11.7 Å². The fourth-order valence-corrected chi connectivity index (χ4v) is 4.73. The van der Waals surface area contributed by atoms with E-state index in [4.69, 9.17) is 27.9 Å². The molecule has 0 radical (unpaired) electrons. The maximum atomic E-state index is 13.5. The van der Waals surface area contributed by atoms with Crippen LogP contribution in [-0.2, 0) is 24.4 Å². The number of carbonyl (C=O) groups excluding carboxylic acids is 1. The molecule has 0 atom stereocenters. The molecule has 1 fully saturated rings. The van der Waals surface area contributed by atoms with Crippen LogP contribution in [0.1, 0.15) is 27.3 Å². The van der Waals surface area contributed by atoms with Gasteiger partial charge in [0.2, 0.25) is 0 Å². The Hall–Kier alpha value is -1.81. The van der Waals surface area contributed by atoms with E-state index in [0.717, 1.165) is 6.07 Å². The number of rotatable bonds is 3. The molecule has 1 saturated heterocycles. The molecule has 1 aliphatic heterocycles. The molecule has 32 heavy (non-hydrogen) atoms. The van der Waals surface area contributed by atoms with Crippen LogP contribution in [0.25, 0.3) is 11.0 Å². The largest absolute Gasteiger partial charge is 0.418 e. The van der Waals surface area contributed by atoms with Crippen LogP contribution in [-0.4, -0.2) is 46.7 Å². The molecule has 0 aliphatic carbocycles. The Labute approximate surface area is 200 Å². The minimum absolute atomic E-state index is 0.0575. The number of aryl methyl sites for hydroxylation is 1. The molecule has 0 spiro atoms. The number of halogens is 6. The second-order valence-corrected chi connectivity index (χ2v) is 9.08. The first-order valence-corrected chi connectivity index (χ1v) is 11.2.